The number of rotatable bonds is 4. The van der Waals surface area contributed by atoms with E-state index in [-0.39, 0.29) is 5.91 Å². The van der Waals surface area contributed by atoms with E-state index in [1.165, 1.54) is 27.2 Å². The van der Waals surface area contributed by atoms with Gasteiger partial charge in [0.15, 0.2) is 0 Å². The molecule has 0 heterocycles. The normalized spacial score (nSPS) is 15.9. The predicted octanol–water partition coefficient (Wildman–Crippen LogP) is 0.889. The molecule has 0 bridgehead atoms. The number of ether oxygens (including phenoxy) is 1. The molecule has 0 saturated carbocycles. The Labute approximate surface area is 84.5 Å². The molecule has 4 heteroatoms. The minimum Gasteiger partial charge on any atom is -0.345 e. The highest BCUT2D eigenvalue weighted by Crippen LogP contribution is 2.22. The van der Waals surface area contributed by atoms with Gasteiger partial charge in [0.25, 0.3) is 5.91 Å². The van der Waals surface area contributed by atoms with Gasteiger partial charge in [-0.15, -0.1) is 0 Å². The predicted molar refractivity (Wildman–Crippen MR) is 54.4 cm³/mol. The third-order valence-electron chi connectivity index (χ3n) is 2.12. The summed E-state index contributed by atoms with van der Waals surface area (Å²) in [4.78, 5) is 12.2. The number of hydrogen-bond donors (Lipinski definition) is 1. The zero-order chi connectivity index (χ0) is 11.4. The molecule has 1 unspecified atom stereocenters. The molecule has 0 spiro atoms. The number of hydrogen-bond acceptors (Lipinski definition) is 3. The third kappa shape index (κ3) is 2.21. The molecule has 0 aliphatic heterocycles. The monoisotopic (exact) mass is 199 g/mol. The Hall–Kier alpha value is -1.13. The second kappa shape index (κ2) is 4.93. The summed E-state index contributed by atoms with van der Waals surface area (Å²) in [5.74, 6) is -2.03. The van der Waals surface area contributed by atoms with Crippen LogP contribution in [0.4, 0.5) is 0 Å². The van der Waals surface area contributed by atoms with Gasteiger partial charge in [-0.05, 0) is 6.92 Å². The number of nitrogens with zero attached hydrogens (tertiary/aromatic N) is 1. The first-order valence-electron chi connectivity index (χ1n) is 4.25. The highest BCUT2D eigenvalue weighted by molar-refractivity contribution is 5.74. The molecule has 0 fully saturated rings. The topological polar surface area (TPSA) is 49.8 Å². The number of likely N-dealkylation sites (N-methyl/N-ethyl adjacent to an activating group) is 1. The fraction of sp³-hybridized carbons (Fsp3) is 0.500. The maximum atomic E-state index is 11.1. The quantitative estimate of drug-likeness (QED) is 0.540. The van der Waals surface area contributed by atoms with Crippen LogP contribution in [0.1, 0.15) is 13.8 Å². The fourth-order valence-electron chi connectivity index (χ4n) is 1.10. The second-order valence-corrected chi connectivity index (χ2v) is 2.84. The number of carbonyl (C=O) groups excluding carboxylic acids is 1. The minimum absolute atomic E-state index is 0.296. The molecule has 1 N–H and O–H groups in total. The lowest BCUT2D eigenvalue weighted by atomic mass is 10.1. The van der Waals surface area contributed by atoms with Gasteiger partial charge < -0.3 is 9.84 Å². The summed E-state index contributed by atoms with van der Waals surface area (Å²) in [6.45, 7) is 6.62. The van der Waals surface area contributed by atoms with Gasteiger partial charge in [-0.1, -0.05) is 18.7 Å². The van der Waals surface area contributed by atoms with Crippen LogP contribution in [0.15, 0.2) is 24.3 Å². The summed E-state index contributed by atoms with van der Waals surface area (Å²) < 4.78 is 4.93. The van der Waals surface area contributed by atoms with Gasteiger partial charge in [0.1, 0.15) is 0 Å². The van der Waals surface area contributed by atoms with Gasteiger partial charge in [0, 0.05) is 26.7 Å². The van der Waals surface area contributed by atoms with E-state index in [0.717, 1.165) is 4.90 Å². The minimum atomic E-state index is -1.73. The largest absolute Gasteiger partial charge is 0.345 e. The van der Waals surface area contributed by atoms with Crippen LogP contribution in [0.2, 0.25) is 0 Å². The van der Waals surface area contributed by atoms with E-state index in [1.807, 2.05) is 0 Å². The molecule has 1 amide bonds. The van der Waals surface area contributed by atoms with Crippen LogP contribution in [-0.4, -0.2) is 36.0 Å². The van der Waals surface area contributed by atoms with Crippen LogP contribution in [-0.2, 0) is 9.53 Å². The highest BCUT2D eigenvalue weighted by atomic mass is 16.6. The first kappa shape index (κ1) is 12.9. The van der Waals surface area contributed by atoms with Crippen molar-refractivity contribution in [3.63, 3.8) is 0 Å². The Morgan fingerprint density at radius 1 is 1.64 bits per heavy atom. The molecule has 0 radical (unpaired) electrons. The summed E-state index contributed by atoms with van der Waals surface area (Å²) in [5, 5.41) is 10.1. The van der Waals surface area contributed by atoms with Crippen molar-refractivity contribution in [3.05, 3.63) is 24.3 Å². The zero-order valence-electron chi connectivity index (χ0n) is 9.07. The lowest BCUT2D eigenvalue weighted by Gasteiger charge is -2.35. The number of carbonyl (C=O) groups is 1. The molecule has 0 saturated heterocycles. The van der Waals surface area contributed by atoms with Gasteiger partial charge >= 0.3 is 0 Å². The van der Waals surface area contributed by atoms with E-state index in [0.29, 0.717) is 5.57 Å². The SMILES string of the molecule is C=C/C(=C\C)C(O)(OC)N(C)C(C)=O. The van der Waals surface area contributed by atoms with Crippen LogP contribution in [0.3, 0.4) is 0 Å². The van der Waals surface area contributed by atoms with Crippen molar-refractivity contribution in [2.45, 2.75) is 19.8 Å². The lowest BCUT2D eigenvalue weighted by Crippen LogP contribution is -2.51. The van der Waals surface area contributed by atoms with Gasteiger partial charge in [-0.2, -0.15) is 0 Å². The van der Waals surface area contributed by atoms with Crippen molar-refractivity contribution in [2.75, 3.05) is 14.2 Å². The number of methoxy groups -OCH3 is 1. The summed E-state index contributed by atoms with van der Waals surface area (Å²) in [7, 11) is 2.78. The van der Waals surface area contributed by atoms with E-state index in [1.54, 1.807) is 13.0 Å². The maximum absolute atomic E-state index is 11.1. The molecule has 1 atom stereocenters. The highest BCUT2D eigenvalue weighted by Gasteiger charge is 2.36. The average molecular weight is 199 g/mol. The molecule has 14 heavy (non-hydrogen) atoms. The molecule has 0 aromatic rings. The summed E-state index contributed by atoms with van der Waals surface area (Å²) in [5.41, 5.74) is 0.428. The van der Waals surface area contributed by atoms with Crippen LogP contribution in [0.5, 0.6) is 0 Å². The summed E-state index contributed by atoms with van der Waals surface area (Å²) in [6.07, 6.45) is 3.08. The van der Waals surface area contributed by atoms with Gasteiger partial charge in [-0.25, -0.2) is 0 Å². The number of amides is 1. The smallest absolute Gasteiger partial charge is 0.279 e. The first-order chi connectivity index (χ1) is 6.43. The van der Waals surface area contributed by atoms with Crippen LogP contribution in [0, 0.1) is 0 Å². The molecule has 0 aromatic heterocycles. The molecule has 0 rings (SSSR count). The lowest BCUT2D eigenvalue weighted by molar-refractivity contribution is -0.238. The van der Waals surface area contributed by atoms with Gasteiger partial charge in [0.2, 0.25) is 5.91 Å². The Morgan fingerprint density at radius 3 is 2.36 bits per heavy atom. The molecule has 0 aromatic carbocycles. The van der Waals surface area contributed by atoms with Crippen molar-refractivity contribution in [1.29, 1.82) is 0 Å². The molecule has 0 aliphatic carbocycles. The fourth-order valence-corrected chi connectivity index (χ4v) is 1.10. The molecule has 4 nitrogen and oxygen atoms in total. The Morgan fingerprint density at radius 2 is 2.14 bits per heavy atom. The van der Waals surface area contributed by atoms with Crippen molar-refractivity contribution < 1.29 is 14.6 Å². The number of aliphatic hydroxyl groups is 1. The van der Waals surface area contributed by atoms with E-state index < -0.39 is 5.91 Å². The maximum Gasteiger partial charge on any atom is 0.279 e. The van der Waals surface area contributed by atoms with Crippen LogP contribution < -0.4 is 0 Å². The summed E-state index contributed by atoms with van der Waals surface area (Å²) in [6, 6.07) is 0. The first-order valence-corrected chi connectivity index (χ1v) is 4.25. The van der Waals surface area contributed by atoms with Gasteiger partial charge in [0.05, 0.1) is 0 Å². The summed E-state index contributed by atoms with van der Waals surface area (Å²) >= 11 is 0. The number of allylic oxidation sites excluding steroid dienone is 1. The molecule has 80 valence electrons. The van der Waals surface area contributed by atoms with Gasteiger partial charge in [-0.3, -0.25) is 9.69 Å². The Kier molecular flexibility index (Phi) is 4.53. The van der Waals surface area contributed by atoms with Crippen LogP contribution >= 0.6 is 0 Å². The zero-order valence-corrected chi connectivity index (χ0v) is 9.07. The molecular formula is C10H17NO3. The standard InChI is InChI=1S/C10H17NO3/c1-6-9(7-2)10(13,14-5)11(4)8(3)12/h6-7,13H,1H2,2-5H3/b9-7+. The second-order valence-electron chi connectivity index (χ2n) is 2.84. The molecule has 0 aliphatic rings. The van der Waals surface area contributed by atoms with E-state index in [9.17, 15) is 9.90 Å². The third-order valence-corrected chi connectivity index (χ3v) is 2.12. The van der Waals surface area contributed by atoms with Crippen molar-refractivity contribution >= 4 is 5.91 Å². The van der Waals surface area contributed by atoms with E-state index in [4.69, 9.17) is 4.74 Å². The Balaban J connectivity index is 5.16. The van der Waals surface area contributed by atoms with Crippen molar-refractivity contribution in [2.24, 2.45) is 0 Å². The van der Waals surface area contributed by atoms with Crippen LogP contribution in [0.25, 0.3) is 0 Å². The molecular weight excluding hydrogens is 182 g/mol. The van der Waals surface area contributed by atoms with E-state index in [2.05, 4.69) is 6.58 Å². The Bertz CT molecular complexity index is 260. The van der Waals surface area contributed by atoms with E-state index >= 15 is 0 Å². The van der Waals surface area contributed by atoms with Crippen molar-refractivity contribution in [3.8, 4) is 0 Å². The average Bonchev–Trinajstić information content (AvgIpc) is 2.17. The van der Waals surface area contributed by atoms with Crippen molar-refractivity contribution in [1.82, 2.24) is 4.90 Å².